The largest absolute Gasteiger partial charge is 2.00 e. The van der Waals surface area contributed by atoms with Crippen LogP contribution in [-0.2, 0) is 34.1 Å². The van der Waals surface area contributed by atoms with Crippen molar-refractivity contribution in [2.45, 2.75) is 41.5 Å². The number of phenolic OH excluding ortho intramolecular Hbond substituents is 2. The molecule has 0 amide bonds. The average Bonchev–Trinajstić information content (AvgIpc) is 2.88. The molecule has 38 heavy (non-hydrogen) atoms. The number of benzene rings is 2. The van der Waals surface area contributed by atoms with Gasteiger partial charge in [0.2, 0.25) is 0 Å². The molecule has 0 spiro atoms. The summed E-state index contributed by atoms with van der Waals surface area (Å²) in [5.74, 6) is 0.434. The molecule has 0 saturated heterocycles. The van der Waals surface area contributed by atoms with Crippen LogP contribution >= 0.6 is 24.4 Å². The van der Waals surface area contributed by atoms with Crippen LogP contribution in [0.4, 0.5) is 0 Å². The Morgan fingerprint density at radius 3 is 1.24 bits per heavy atom. The molecular weight excluding hydrogens is 620 g/mol. The van der Waals surface area contributed by atoms with Crippen LogP contribution in [0.15, 0.2) is 58.7 Å². The number of hydrogen-bond acceptors (Lipinski definition) is 6. The fourth-order valence-electron chi connectivity index (χ4n) is 3.11. The summed E-state index contributed by atoms with van der Waals surface area (Å²) in [7, 11) is 0. The van der Waals surface area contributed by atoms with Gasteiger partial charge in [-0.15, -0.1) is 0 Å². The molecule has 0 heterocycles. The maximum absolute atomic E-state index is 9.70. The summed E-state index contributed by atoms with van der Waals surface area (Å²) in [6.07, 6.45) is 0. The molecule has 2 radical (unpaired) electrons. The van der Waals surface area contributed by atoms with Crippen LogP contribution in [0.1, 0.15) is 52.7 Å². The maximum atomic E-state index is 9.70. The van der Waals surface area contributed by atoms with Gasteiger partial charge in [0, 0.05) is 54.4 Å². The number of hydrogen-bond donors (Lipinski definition) is 4. The molecule has 0 bridgehead atoms. The fraction of sp³-hybridized carbons (Fsp3) is 0.385. The standard InChI is InChI=1S/2C13H19N3OS.2Cu/c2*1-4-16(5-2)13(18)15-14-10(3)11-8-6-7-9-12(11)17;;/h2*6-9,17H,4-5H2,1-3H3,(H,15,18);;/q;;;+2/b2*14-10+;;. The average molecular weight is 658 g/mol. The van der Waals surface area contributed by atoms with Crippen molar-refractivity contribution in [1.29, 1.82) is 0 Å². The van der Waals surface area contributed by atoms with Crippen LogP contribution in [0, 0.1) is 0 Å². The van der Waals surface area contributed by atoms with Gasteiger partial charge in [-0.05, 0) is 90.2 Å². The topological polar surface area (TPSA) is 95.7 Å². The Hall–Kier alpha value is -2.20. The molecule has 0 aliphatic rings. The SMILES string of the molecule is CCN(CC)C(=S)N/N=C(\C)c1ccccc1O.CCN(CC)C(=S)N/N=C(\C)c1ccccc1O.[Cu+2].[Cu]. The summed E-state index contributed by atoms with van der Waals surface area (Å²) in [5.41, 5.74) is 8.48. The van der Waals surface area contributed by atoms with E-state index in [9.17, 15) is 10.2 Å². The third kappa shape index (κ3) is 12.6. The second-order valence-corrected chi connectivity index (χ2v) is 8.38. The van der Waals surface area contributed by atoms with Gasteiger partial charge in [0.15, 0.2) is 10.2 Å². The van der Waals surface area contributed by atoms with Crippen LogP contribution < -0.4 is 10.9 Å². The Kier molecular flexibility index (Phi) is 20.7. The van der Waals surface area contributed by atoms with E-state index >= 15 is 0 Å². The van der Waals surface area contributed by atoms with Crippen molar-refractivity contribution in [3.05, 3.63) is 59.7 Å². The van der Waals surface area contributed by atoms with E-state index < -0.39 is 0 Å². The van der Waals surface area contributed by atoms with E-state index in [1.54, 1.807) is 24.3 Å². The molecule has 0 aliphatic carbocycles. The minimum Gasteiger partial charge on any atom is -0.507 e. The molecule has 0 atom stereocenters. The molecule has 0 saturated carbocycles. The minimum atomic E-state index is 0. The number of hydrazone groups is 2. The van der Waals surface area contributed by atoms with Crippen LogP contribution in [0.5, 0.6) is 11.5 Å². The van der Waals surface area contributed by atoms with Gasteiger partial charge in [-0.3, -0.25) is 10.9 Å². The van der Waals surface area contributed by atoms with Crippen molar-refractivity contribution < 1.29 is 44.4 Å². The van der Waals surface area contributed by atoms with Crippen LogP contribution in [-0.4, -0.2) is 67.8 Å². The summed E-state index contributed by atoms with van der Waals surface area (Å²) >= 11 is 10.4. The van der Waals surface area contributed by atoms with Gasteiger partial charge >= 0.3 is 17.1 Å². The van der Waals surface area contributed by atoms with Gasteiger partial charge in [0.1, 0.15) is 11.5 Å². The third-order valence-corrected chi connectivity index (χ3v) is 6.03. The van der Waals surface area contributed by atoms with Gasteiger partial charge < -0.3 is 20.0 Å². The van der Waals surface area contributed by atoms with Gasteiger partial charge in [-0.1, -0.05) is 24.3 Å². The normalized spacial score (nSPS) is 10.6. The van der Waals surface area contributed by atoms with E-state index in [1.807, 2.05) is 75.6 Å². The van der Waals surface area contributed by atoms with E-state index in [0.29, 0.717) is 32.8 Å². The molecule has 12 heteroatoms. The zero-order chi connectivity index (χ0) is 27.1. The number of para-hydroxylation sites is 2. The second-order valence-electron chi connectivity index (χ2n) is 7.61. The minimum absolute atomic E-state index is 0. The zero-order valence-electron chi connectivity index (χ0n) is 22.6. The van der Waals surface area contributed by atoms with Crippen molar-refractivity contribution in [1.82, 2.24) is 20.7 Å². The predicted molar refractivity (Wildman–Crippen MR) is 158 cm³/mol. The number of phenols is 2. The predicted octanol–water partition coefficient (Wildman–Crippen LogP) is 4.66. The molecule has 216 valence electrons. The van der Waals surface area contributed by atoms with Crippen LogP contribution in [0.2, 0.25) is 0 Å². The van der Waals surface area contributed by atoms with E-state index in [2.05, 4.69) is 21.1 Å². The maximum Gasteiger partial charge on any atom is 2.00 e. The van der Waals surface area contributed by atoms with E-state index in [1.165, 1.54) is 0 Å². The molecule has 2 aromatic carbocycles. The molecular formula is C26H38Cu2N6O2S2+2. The van der Waals surface area contributed by atoms with Crippen molar-refractivity contribution in [3.63, 3.8) is 0 Å². The fourth-order valence-corrected chi connectivity index (χ4v) is 3.71. The molecule has 8 nitrogen and oxygen atoms in total. The third-order valence-electron chi connectivity index (χ3n) is 5.33. The Balaban J connectivity index is 0. The first kappa shape index (κ1) is 37.9. The molecule has 0 unspecified atom stereocenters. The Bertz CT molecular complexity index is 978. The quantitative estimate of drug-likeness (QED) is 0.141. The van der Waals surface area contributed by atoms with Gasteiger partial charge in [-0.2, -0.15) is 10.2 Å². The summed E-state index contributed by atoms with van der Waals surface area (Å²) in [4.78, 5) is 3.99. The van der Waals surface area contributed by atoms with Gasteiger partial charge in [0.05, 0.1) is 11.4 Å². The Morgan fingerprint density at radius 2 is 0.974 bits per heavy atom. The Labute approximate surface area is 258 Å². The first-order valence-electron chi connectivity index (χ1n) is 11.9. The summed E-state index contributed by atoms with van der Waals surface area (Å²) < 4.78 is 0. The monoisotopic (exact) mass is 656 g/mol. The first-order valence-corrected chi connectivity index (χ1v) is 12.8. The van der Waals surface area contributed by atoms with Crippen molar-refractivity contribution in [2.75, 3.05) is 26.2 Å². The molecule has 0 fully saturated rings. The van der Waals surface area contributed by atoms with Gasteiger partial charge in [-0.25, -0.2) is 0 Å². The summed E-state index contributed by atoms with van der Waals surface area (Å²) in [6.45, 7) is 15.2. The smallest absolute Gasteiger partial charge is 0.507 e. The molecule has 0 aromatic heterocycles. The molecule has 4 N–H and O–H groups in total. The Morgan fingerprint density at radius 1 is 0.684 bits per heavy atom. The second kappa shape index (κ2) is 20.7. The van der Waals surface area contributed by atoms with Crippen molar-refractivity contribution >= 4 is 46.1 Å². The van der Waals surface area contributed by atoms with Gasteiger partial charge in [0.25, 0.3) is 0 Å². The van der Waals surface area contributed by atoms with Crippen LogP contribution in [0.25, 0.3) is 0 Å². The van der Waals surface area contributed by atoms with Crippen molar-refractivity contribution in [3.8, 4) is 11.5 Å². The van der Waals surface area contributed by atoms with E-state index in [0.717, 1.165) is 26.2 Å². The number of nitrogens with one attached hydrogen (secondary N) is 2. The number of rotatable bonds is 8. The number of thiocarbonyl (C=S) groups is 2. The summed E-state index contributed by atoms with van der Waals surface area (Å²) in [6, 6.07) is 14.2. The first-order chi connectivity index (χ1) is 17.2. The van der Waals surface area contributed by atoms with E-state index in [-0.39, 0.29) is 45.6 Å². The molecule has 2 aromatic rings. The van der Waals surface area contributed by atoms with Crippen molar-refractivity contribution in [2.24, 2.45) is 10.2 Å². The number of aromatic hydroxyl groups is 2. The molecule has 0 aliphatic heterocycles. The summed E-state index contributed by atoms with van der Waals surface area (Å²) in [5, 5.41) is 29.0. The number of nitrogens with zero attached hydrogens (tertiary/aromatic N) is 4. The van der Waals surface area contributed by atoms with E-state index in [4.69, 9.17) is 24.4 Å². The molecule has 2 rings (SSSR count). The van der Waals surface area contributed by atoms with Crippen LogP contribution in [0.3, 0.4) is 0 Å². The zero-order valence-corrected chi connectivity index (χ0v) is 26.1.